The van der Waals surface area contributed by atoms with Crippen LogP contribution in [-0.2, 0) is 0 Å². The lowest BCUT2D eigenvalue weighted by atomic mass is 9.86. The first kappa shape index (κ1) is 10.1. The largest absolute Gasteiger partial charge is 0.487 e. The van der Waals surface area contributed by atoms with Crippen LogP contribution in [0, 0.1) is 11.7 Å². The highest BCUT2D eigenvalue weighted by Gasteiger charge is 2.47. The average molecular weight is 222 g/mol. The molecule has 1 heterocycles. The second kappa shape index (κ2) is 3.20. The van der Waals surface area contributed by atoms with Gasteiger partial charge in [-0.1, -0.05) is 0 Å². The molecule has 3 heteroatoms. The summed E-state index contributed by atoms with van der Waals surface area (Å²) >= 11 is 0. The van der Waals surface area contributed by atoms with E-state index in [4.69, 9.17) is 4.74 Å². The number of hydrogen-bond donors (Lipinski definition) is 1. The zero-order valence-corrected chi connectivity index (χ0v) is 9.24. The van der Waals surface area contributed by atoms with Crippen LogP contribution in [-0.4, -0.2) is 10.7 Å². The quantitative estimate of drug-likeness (QED) is 0.791. The number of benzene rings is 1. The van der Waals surface area contributed by atoms with Crippen LogP contribution in [0.25, 0.3) is 0 Å². The molecule has 86 valence electrons. The summed E-state index contributed by atoms with van der Waals surface area (Å²) in [5.74, 6) is 0.853. The van der Waals surface area contributed by atoms with Crippen molar-refractivity contribution in [3.05, 3.63) is 29.6 Å². The van der Waals surface area contributed by atoms with Crippen LogP contribution >= 0.6 is 0 Å². The molecule has 16 heavy (non-hydrogen) atoms. The summed E-state index contributed by atoms with van der Waals surface area (Å²) in [6.07, 6.45) is 2.29. The van der Waals surface area contributed by atoms with E-state index in [1.165, 1.54) is 25.0 Å². The summed E-state index contributed by atoms with van der Waals surface area (Å²) in [5.41, 5.74) is 0.308. The van der Waals surface area contributed by atoms with E-state index in [-0.39, 0.29) is 11.4 Å². The Balaban J connectivity index is 1.99. The van der Waals surface area contributed by atoms with E-state index >= 15 is 0 Å². The second-order valence-corrected chi connectivity index (χ2v) is 5.09. The molecule has 0 saturated heterocycles. The Hall–Kier alpha value is -1.09. The van der Waals surface area contributed by atoms with Crippen LogP contribution in [0.3, 0.4) is 0 Å². The molecule has 0 aromatic heterocycles. The first-order valence-electron chi connectivity index (χ1n) is 5.75. The second-order valence-electron chi connectivity index (χ2n) is 5.09. The van der Waals surface area contributed by atoms with Gasteiger partial charge in [-0.15, -0.1) is 0 Å². The predicted molar refractivity (Wildman–Crippen MR) is 57.7 cm³/mol. The van der Waals surface area contributed by atoms with Gasteiger partial charge in [0.2, 0.25) is 0 Å². The van der Waals surface area contributed by atoms with E-state index in [1.54, 1.807) is 6.07 Å². The lowest BCUT2D eigenvalue weighted by Gasteiger charge is -2.38. The maximum absolute atomic E-state index is 13.1. The lowest BCUT2D eigenvalue weighted by Crippen LogP contribution is -2.40. The molecule has 1 N–H and O–H groups in total. The summed E-state index contributed by atoms with van der Waals surface area (Å²) in [6, 6.07) is 4.37. The molecule has 1 fully saturated rings. The van der Waals surface area contributed by atoms with Crippen molar-refractivity contribution in [3.63, 3.8) is 0 Å². The molecular weight excluding hydrogens is 207 g/mol. The number of fused-ring (bicyclic) bond motifs is 1. The average Bonchev–Trinajstić information content (AvgIpc) is 3.03. The first-order valence-corrected chi connectivity index (χ1v) is 5.75. The van der Waals surface area contributed by atoms with Gasteiger partial charge in [0.05, 0.1) is 6.10 Å². The monoisotopic (exact) mass is 222 g/mol. The molecule has 2 aliphatic rings. The molecule has 1 aliphatic heterocycles. The zero-order valence-electron chi connectivity index (χ0n) is 9.24. The van der Waals surface area contributed by atoms with E-state index in [0.717, 1.165) is 0 Å². The summed E-state index contributed by atoms with van der Waals surface area (Å²) in [7, 11) is 0. The van der Waals surface area contributed by atoms with Crippen LogP contribution in [0.2, 0.25) is 0 Å². The van der Waals surface area contributed by atoms with Crippen molar-refractivity contribution in [3.8, 4) is 5.75 Å². The standard InChI is InChI=1S/C13H15FO2/c1-13(8-2-3-8)7-11(15)10-6-9(14)4-5-12(10)16-13/h4-6,8,11,15H,2-3,7H2,1H3/t11-,13?/m0/s1. The molecule has 1 aliphatic carbocycles. The fraction of sp³-hybridized carbons (Fsp3) is 0.538. The Kier molecular flexibility index (Phi) is 2.02. The Labute approximate surface area is 94.0 Å². The van der Waals surface area contributed by atoms with Gasteiger partial charge in [-0.05, 0) is 43.9 Å². The number of ether oxygens (including phenoxy) is 1. The van der Waals surface area contributed by atoms with Crippen LogP contribution in [0.15, 0.2) is 18.2 Å². The van der Waals surface area contributed by atoms with Crippen LogP contribution in [0.1, 0.15) is 37.9 Å². The highest BCUT2D eigenvalue weighted by atomic mass is 19.1. The van der Waals surface area contributed by atoms with E-state index < -0.39 is 6.10 Å². The topological polar surface area (TPSA) is 29.5 Å². The van der Waals surface area contributed by atoms with Gasteiger partial charge in [-0.25, -0.2) is 4.39 Å². The molecule has 1 saturated carbocycles. The zero-order chi connectivity index (χ0) is 11.3. The number of hydrogen-bond acceptors (Lipinski definition) is 2. The first-order chi connectivity index (χ1) is 7.58. The van der Waals surface area contributed by atoms with Crippen molar-refractivity contribution < 1.29 is 14.2 Å². The van der Waals surface area contributed by atoms with Gasteiger partial charge < -0.3 is 9.84 Å². The Bertz CT molecular complexity index is 428. The molecule has 1 unspecified atom stereocenters. The normalized spacial score (nSPS) is 33.1. The van der Waals surface area contributed by atoms with Crippen molar-refractivity contribution in [2.75, 3.05) is 0 Å². The minimum atomic E-state index is -0.606. The molecular formula is C13H15FO2. The van der Waals surface area contributed by atoms with E-state index in [9.17, 15) is 9.50 Å². The Morgan fingerprint density at radius 1 is 1.44 bits per heavy atom. The maximum Gasteiger partial charge on any atom is 0.126 e. The number of halogens is 1. The minimum absolute atomic E-state index is 0.274. The summed E-state index contributed by atoms with van der Waals surface area (Å²) in [6.45, 7) is 2.04. The van der Waals surface area contributed by atoms with Crippen LogP contribution in [0.4, 0.5) is 4.39 Å². The molecule has 0 bridgehead atoms. The molecule has 0 spiro atoms. The van der Waals surface area contributed by atoms with E-state index in [1.807, 2.05) is 6.92 Å². The van der Waals surface area contributed by atoms with Gasteiger partial charge in [0.25, 0.3) is 0 Å². The van der Waals surface area contributed by atoms with Crippen molar-refractivity contribution >= 4 is 0 Å². The van der Waals surface area contributed by atoms with Crippen molar-refractivity contribution in [1.29, 1.82) is 0 Å². The Morgan fingerprint density at radius 2 is 2.19 bits per heavy atom. The number of aliphatic hydroxyl groups excluding tert-OH is 1. The van der Waals surface area contributed by atoms with Gasteiger partial charge in [-0.2, -0.15) is 0 Å². The molecule has 0 amide bonds. The highest BCUT2D eigenvalue weighted by Crippen LogP contribution is 2.50. The SMILES string of the molecule is CC1(C2CC2)C[C@H](O)c2cc(F)ccc2O1. The fourth-order valence-corrected chi connectivity index (χ4v) is 2.60. The van der Waals surface area contributed by atoms with Crippen LogP contribution < -0.4 is 4.74 Å². The third kappa shape index (κ3) is 1.50. The van der Waals surface area contributed by atoms with E-state index in [2.05, 4.69) is 0 Å². The van der Waals surface area contributed by atoms with E-state index in [0.29, 0.717) is 23.7 Å². The third-order valence-corrected chi connectivity index (χ3v) is 3.71. The van der Waals surface area contributed by atoms with Crippen LogP contribution in [0.5, 0.6) is 5.75 Å². The molecule has 3 rings (SSSR count). The van der Waals surface area contributed by atoms with Gasteiger partial charge >= 0.3 is 0 Å². The van der Waals surface area contributed by atoms with Gasteiger partial charge in [0.1, 0.15) is 17.2 Å². The minimum Gasteiger partial charge on any atom is -0.487 e. The summed E-state index contributed by atoms with van der Waals surface area (Å²) < 4.78 is 19.0. The fourth-order valence-electron chi connectivity index (χ4n) is 2.60. The molecule has 2 nitrogen and oxygen atoms in total. The van der Waals surface area contributed by atoms with Gasteiger partial charge in [0.15, 0.2) is 0 Å². The summed E-state index contributed by atoms with van der Waals surface area (Å²) in [5, 5.41) is 10.1. The maximum atomic E-state index is 13.1. The van der Waals surface area contributed by atoms with Crippen molar-refractivity contribution in [2.24, 2.45) is 5.92 Å². The smallest absolute Gasteiger partial charge is 0.126 e. The number of aliphatic hydroxyl groups is 1. The molecule has 1 aromatic rings. The van der Waals surface area contributed by atoms with Gasteiger partial charge in [0, 0.05) is 12.0 Å². The van der Waals surface area contributed by atoms with Crippen molar-refractivity contribution in [1.82, 2.24) is 0 Å². The summed E-state index contributed by atoms with van der Waals surface area (Å²) in [4.78, 5) is 0. The predicted octanol–water partition coefficient (Wildman–Crippen LogP) is 2.81. The third-order valence-electron chi connectivity index (χ3n) is 3.71. The Morgan fingerprint density at radius 3 is 2.88 bits per heavy atom. The molecule has 0 radical (unpaired) electrons. The van der Waals surface area contributed by atoms with Crippen molar-refractivity contribution in [2.45, 2.75) is 37.9 Å². The highest BCUT2D eigenvalue weighted by molar-refractivity contribution is 5.38. The number of rotatable bonds is 1. The molecule has 2 atom stereocenters. The van der Waals surface area contributed by atoms with Gasteiger partial charge in [-0.3, -0.25) is 0 Å². The molecule has 1 aromatic carbocycles. The lowest BCUT2D eigenvalue weighted by molar-refractivity contribution is -0.0168.